The average Bonchev–Trinajstić information content (AvgIpc) is 2.63. The highest BCUT2D eigenvalue weighted by Crippen LogP contribution is 2.12. The van der Waals surface area contributed by atoms with Crippen molar-refractivity contribution in [3.05, 3.63) is 12.2 Å². The zero-order chi connectivity index (χ0) is 12.0. The second kappa shape index (κ2) is 6.15. The Kier molecular flexibility index (Phi) is 4.82. The summed E-state index contributed by atoms with van der Waals surface area (Å²) in [5.74, 6) is -0.365. The van der Waals surface area contributed by atoms with Gasteiger partial charge in [0.1, 0.15) is 12.7 Å². The first-order chi connectivity index (χ1) is 7.59. The van der Waals surface area contributed by atoms with Gasteiger partial charge in [0.15, 0.2) is 0 Å². The van der Waals surface area contributed by atoms with Crippen LogP contribution in [0, 0.1) is 0 Å². The lowest BCUT2D eigenvalue weighted by Crippen LogP contribution is -2.11. The summed E-state index contributed by atoms with van der Waals surface area (Å²) in [7, 11) is 0. The highest BCUT2D eigenvalue weighted by atomic mass is 16.8. The van der Waals surface area contributed by atoms with Crippen molar-refractivity contribution in [1.82, 2.24) is 0 Å². The van der Waals surface area contributed by atoms with Crippen LogP contribution in [0.2, 0.25) is 0 Å². The van der Waals surface area contributed by atoms with Crippen molar-refractivity contribution in [1.29, 1.82) is 0 Å². The molecule has 0 amide bonds. The van der Waals surface area contributed by atoms with Gasteiger partial charge in [-0.3, -0.25) is 0 Å². The summed E-state index contributed by atoms with van der Waals surface area (Å²) in [5, 5.41) is 0. The molecule has 1 fully saturated rings. The van der Waals surface area contributed by atoms with E-state index in [1.807, 2.05) is 0 Å². The first kappa shape index (κ1) is 12.5. The summed E-state index contributed by atoms with van der Waals surface area (Å²) in [6, 6.07) is 0. The minimum atomic E-state index is -0.598. The van der Waals surface area contributed by atoms with Gasteiger partial charge in [0.05, 0.1) is 6.61 Å². The molecule has 0 aromatic carbocycles. The van der Waals surface area contributed by atoms with Gasteiger partial charge in [0.2, 0.25) is 0 Å². The van der Waals surface area contributed by atoms with Crippen LogP contribution in [0.15, 0.2) is 12.2 Å². The van der Waals surface area contributed by atoms with Crippen LogP contribution in [0.3, 0.4) is 0 Å². The highest BCUT2D eigenvalue weighted by Gasteiger charge is 2.23. The Morgan fingerprint density at radius 3 is 2.88 bits per heavy atom. The SMILES string of the molecule is C=C(C)C(=O)OCCCCC1COC(=O)O1. The number of rotatable bonds is 6. The van der Waals surface area contributed by atoms with Crippen LogP contribution in [0.4, 0.5) is 4.79 Å². The van der Waals surface area contributed by atoms with Crippen LogP contribution >= 0.6 is 0 Å². The second-order valence-electron chi connectivity index (χ2n) is 3.71. The third-order valence-corrected chi connectivity index (χ3v) is 2.15. The number of esters is 1. The predicted molar refractivity (Wildman–Crippen MR) is 55.8 cm³/mol. The molecule has 0 aromatic rings. The molecular weight excluding hydrogens is 212 g/mol. The van der Waals surface area contributed by atoms with Gasteiger partial charge in [-0.15, -0.1) is 0 Å². The summed E-state index contributed by atoms with van der Waals surface area (Å²) in [4.78, 5) is 21.6. The zero-order valence-electron chi connectivity index (χ0n) is 9.36. The van der Waals surface area contributed by atoms with Crippen molar-refractivity contribution < 1.29 is 23.8 Å². The number of carbonyl (C=O) groups excluding carboxylic acids is 2. The van der Waals surface area contributed by atoms with E-state index >= 15 is 0 Å². The molecule has 1 unspecified atom stereocenters. The number of hydrogen-bond donors (Lipinski definition) is 0. The molecule has 0 N–H and O–H groups in total. The Morgan fingerprint density at radius 2 is 2.31 bits per heavy atom. The van der Waals surface area contributed by atoms with Gasteiger partial charge < -0.3 is 14.2 Å². The number of cyclic esters (lactones) is 2. The van der Waals surface area contributed by atoms with E-state index in [4.69, 9.17) is 9.47 Å². The van der Waals surface area contributed by atoms with Crippen molar-refractivity contribution in [2.24, 2.45) is 0 Å². The van der Waals surface area contributed by atoms with Crippen LogP contribution in [0.1, 0.15) is 26.2 Å². The van der Waals surface area contributed by atoms with Gasteiger partial charge in [-0.25, -0.2) is 9.59 Å². The molecule has 0 saturated carbocycles. The largest absolute Gasteiger partial charge is 0.508 e. The van der Waals surface area contributed by atoms with Gasteiger partial charge >= 0.3 is 12.1 Å². The van der Waals surface area contributed by atoms with Crippen LogP contribution in [-0.2, 0) is 19.0 Å². The molecule has 90 valence electrons. The molecule has 1 aliphatic rings. The second-order valence-corrected chi connectivity index (χ2v) is 3.71. The Hall–Kier alpha value is -1.52. The molecular formula is C11H16O5. The first-order valence-corrected chi connectivity index (χ1v) is 5.25. The molecule has 5 heteroatoms. The monoisotopic (exact) mass is 228 g/mol. The summed E-state index contributed by atoms with van der Waals surface area (Å²) in [6.07, 6.45) is 1.55. The standard InChI is InChI=1S/C11H16O5/c1-8(2)10(12)14-6-4-3-5-9-7-15-11(13)16-9/h9H,1,3-7H2,2H3. The number of carbonyl (C=O) groups is 2. The Bertz CT molecular complexity index is 284. The Labute approximate surface area is 94.4 Å². The maximum absolute atomic E-state index is 11.0. The summed E-state index contributed by atoms with van der Waals surface area (Å²) < 4.78 is 14.4. The lowest BCUT2D eigenvalue weighted by atomic mass is 10.2. The average molecular weight is 228 g/mol. The number of ether oxygens (including phenoxy) is 3. The van der Waals surface area contributed by atoms with Crippen LogP contribution in [0.25, 0.3) is 0 Å². The number of unbranched alkanes of at least 4 members (excludes halogenated alkanes) is 1. The van der Waals surface area contributed by atoms with Crippen LogP contribution in [-0.4, -0.2) is 31.4 Å². The van der Waals surface area contributed by atoms with E-state index < -0.39 is 6.16 Å². The summed E-state index contributed by atoms with van der Waals surface area (Å²) in [5.41, 5.74) is 0.401. The third kappa shape index (κ3) is 4.33. The molecule has 16 heavy (non-hydrogen) atoms. The Balaban J connectivity index is 1.98. The van der Waals surface area contributed by atoms with Crippen molar-refractivity contribution in [3.8, 4) is 0 Å². The summed E-state index contributed by atoms with van der Waals surface area (Å²) >= 11 is 0. The maximum atomic E-state index is 11.0. The van der Waals surface area contributed by atoms with Gasteiger partial charge in [-0.2, -0.15) is 0 Å². The molecule has 1 atom stereocenters. The molecule has 0 aliphatic carbocycles. The first-order valence-electron chi connectivity index (χ1n) is 5.25. The molecule has 1 rings (SSSR count). The normalized spacial score (nSPS) is 18.8. The smallest absolute Gasteiger partial charge is 0.462 e. The topological polar surface area (TPSA) is 61.8 Å². The zero-order valence-corrected chi connectivity index (χ0v) is 9.36. The van der Waals surface area contributed by atoms with Crippen molar-refractivity contribution in [2.75, 3.05) is 13.2 Å². The van der Waals surface area contributed by atoms with Crippen molar-refractivity contribution in [3.63, 3.8) is 0 Å². The minimum Gasteiger partial charge on any atom is -0.462 e. The van der Waals surface area contributed by atoms with E-state index in [0.29, 0.717) is 18.8 Å². The van der Waals surface area contributed by atoms with Crippen molar-refractivity contribution >= 4 is 12.1 Å². The van der Waals surface area contributed by atoms with Gasteiger partial charge in [-0.05, 0) is 26.2 Å². The molecule has 0 bridgehead atoms. The lowest BCUT2D eigenvalue weighted by molar-refractivity contribution is -0.139. The summed E-state index contributed by atoms with van der Waals surface area (Å²) in [6.45, 7) is 5.78. The van der Waals surface area contributed by atoms with E-state index in [-0.39, 0.29) is 12.1 Å². The predicted octanol–water partition coefficient (Wildman–Crippen LogP) is 1.81. The van der Waals surface area contributed by atoms with Gasteiger partial charge in [0.25, 0.3) is 0 Å². The van der Waals surface area contributed by atoms with E-state index in [9.17, 15) is 9.59 Å². The van der Waals surface area contributed by atoms with Crippen LogP contribution < -0.4 is 0 Å². The Morgan fingerprint density at radius 1 is 1.56 bits per heavy atom. The minimum absolute atomic E-state index is 0.149. The van der Waals surface area contributed by atoms with E-state index in [1.54, 1.807) is 6.92 Å². The van der Waals surface area contributed by atoms with E-state index in [2.05, 4.69) is 11.3 Å². The fourth-order valence-electron chi connectivity index (χ4n) is 1.27. The van der Waals surface area contributed by atoms with Crippen molar-refractivity contribution in [2.45, 2.75) is 32.3 Å². The number of hydrogen-bond acceptors (Lipinski definition) is 5. The molecule has 1 heterocycles. The van der Waals surface area contributed by atoms with Crippen LogP contribution in [0.5, 0.6) is 0 Å². The van der Waals surface area contributed by atoms with E-state index in [0.717, 1.165) is 19.3 Å². The fourth-order valence-corrected chi connectivity index (χ4v) is 1.27. The molecule has 1 aliphatic heterocycles. The fraction of sp³-hybridized carbons (Fsp3) is 0.636. The third-order valence-electron chi connectivity index (χ3n) is 2.15. The molecule has 1 saturated heterocycles. The molecule has 0 radical (unpaired) electrons. The maximum Gasteiger partial charge on any atom is 0.508 e. The highest BCUT2D eigenvalue weighted by molar-refractivity contribution is 5.86. The lowest BCUT2D eigenvalue weighted by Gasteiger charge is -2.06. The quantitative estimate of drug-likeness (QED) is 0.394. The molecule has 5 nitrogen and oxygen atoms in total. The van der Waals surface area contributed by atoms with Gasteiger partial charge in [-0.1, -0.05) is 6.58 Å². The molecule has 0 aromatic heterocycles. The van der Waals surface area contributed by atoms with E-state index in [1.165, 1.54) is 0 Å². The molecule has 0 spiro atoms. The van der Waals surface area contributed by atoms with Gasteiger partial charge in [0, 0.05) is 5.57 Å².